The molecule has 2 rings (SSSR count). The third-order valence-electron chi connectivity index (χ3n) is 4.98. The molecule has 0 heterocycles. The van der Waals surface area contributed by atoms with E-state index in [1.807, 2.05) is 38.1 Å². The number of nitrogens with one attached hydrogen (secondary N) is 1. The minimum absolute atomic E-state index is 0.0415. The number of methoxy groups -OCH3 is 1. The number of nitrogens with zero attached hydrogens (tertiary/aromatic N) is 1. The highest BCUT2D eigenvalue weighted by molar-refractivity contribution is 7.99. The van der Waals surface area contributed by atoms with Crippen LogP contribution in [0.3, 0.4) is 0 Å². The molecule has 2 aromatic carbocycles. The molecule has 0 spiro atoms. The van der Waals surface area contributed by atoms with Gasteiger partial charge in [-0.2, -0.15) is 0 Å². The van der Waals surface area contributed by atoms with Gasteiger partial charge in [0.2, 0.25) is 11.8 Å². The summed E-state index contributed by atoms with van der Waals surface area (Å²) in [5.41, 5.74) is 3.37. The summed E-state index contributed by atoms with van der Waals surface area (Å²) in [5, 5.41) is 2.95. The number of amides is 2. The minimum atomic E-state index is -0.548. The van der Waals surface area contributed by atoms with Crippen molar-refractivity contribution < 1.29 is 14.3 Å². The van der Waals surface area contributed by atoms with E-state index >= 15 is 0 Å². The lowest BCUT2D eigenvalue weighted by Crippen LogP contribution is -2.48. The number of ether oxygens (including phenoxy) is 1. The maximum absolute atomic E-state index is 13.1. The Morgan fingerprint density at radius 1 is 1.00 bits per heavy atom. The van der Waals surface area contributed by atoms with Gasteiger partial charge in [-0.3, -0.25) is 9.59 Å². The van der Waals surface area contributed by atoms with Crippen molar-refractivity contribution in [2.45, 2.75) is 46.0 Å². The Balaban J connectivity index is 2.05. The highest BCUT2D eigenvalue weighted by Crippen LogP contribution is 2.18. The molecule has 6 heteroatoms. The van der Waals surface area contributed by atoms with Gasteiger partial charge in [-0.25, -0.2) is 0 Å². The van der Waals surface area contributed by atoms with Gasteiger partial charge in [-0.1, -0.05) is 55.8 Å². The van der Waals surface area contributed by atoms with Gasteiger partial charge in [0.15, 0.2) is 0 Å². The van der Waals surface area contributed by atoms with Crippen LogP contribution in [-0.2, 0) is 21.9 Å². The molecular weight excluding hydrogens is 408 g/mol. The lowest BCUT2D eigenvalue weighted by molar-refractivity contribution is -0.138. The van der Waals surface area contributed by atoms with Gasteiger partial charge in [-0.05, 0) is 43.0 Å². The van der Waals surface area contributed by atoms with E-state index in [1.165, 1.54) is 11.1 Å². The normalized spacial score (nSPS) is 11.8. The van der Waals surface area contributed by atoms with Gasteiger partial charge in [0.25, 0.3) is 0 Å². The summed E-state index contributed by atoms with van der Waals surface area (Å²) in [6, 6.07) is 15.4. The van der Waals surface area contributed by atoms with Crippen molar-refractivity contribution in [3.05, 3.63) is 65.2 Å². The number of hydrogen-bond donors (Lipinski definition) is 1. The van der Waals surface area contributed by atoms with E-state index in [4.69, 9.17) is 4.74 Å². The second-order valence-corrected chi connectivity index (χ2v) is 9.15. The predicted molar refractivity (Wildman–Crippen MR) is 128 cm³/mol. The van der Waals surface area contributed by atoms with Crippen LogP contribution in [0.2, 0.25) is 0 Å². The van der Waals surface area contributed by atoms with Crippen molar-refractivity contribution >= 4 is 23.6 Å². The molecule has 0 aliphatic rings. The second-order valence-electron chi connectivity index (χ2n) is 8.16. The summed E-state index contributed by atoms with van der Waals surface area (Å²) >= 11 is 1.57. The molecule has 0 radical (unpaired) electrons. The van der Waals surface area contributed by atoms with Gasteiger partial charge < -0.3 is 15.0 Å². The maximum atomic E-state index is 13.1. The number of carbonyl (C=O) groups excluding carboxylic acids is 2. The molecule has 31 heavy (non-hydrogen) atoms. The van der Waals surface area contributed by atoms with Crippen molar-refractivity contribution in [2.75, 3.05) is 19.4 Å². The van der Waals surface area contributed by atoms with Crippen LogP contribution in [0.5, 0.6) is 5.75 Å². The molecule has 1 unspecified atom stereocenters. The molecule has 0 saturated carbocycles. The van der Waals surface area contributed by atoms with Crippen molar-refractivity contribution in [3.63, 3.8) is 0 Å². The van der Waals surface area contributed by atoms with Gasteiger partial charge in [0, 0.05) is 18.8 Å². The fourth-order valence-electron chi connectivity index (χ4n) is 2.99. The van der Waals surface area contributed by atoms with Crippen LogP contribution in [0.15, 0.2) is 48.5 Å². The Kier molecular flexibility index (Phi) is 9.92. The highest BCUT2D eigenvalue weighted by Gasteiger charge is 2.26. The van der Waals surface area contributed by atoms with Crippen LogP contribution < -0.4 is 10.1 Å². The van der Waals surface area contributed by atoms with Gasteiger partial charge >= 0.3 is 0 Å². The fourth-order valence-corrected chi connectivity index (χ4v) is 3.86. The SMILES string of the molecule is COc1ccc(CN(C(=O)CSCc2ccc(C)cc2)C(C)C(=O)NCC(C)C)cc1. The zero-order chi connectivity index (χ0) is 22.8. The van der Waals surface area contributed by atoms with Crippen molar-refractivity contribution in [1.29, 1.82) is 0 Å². The van der Waals surface area contributed by atoms with Crippen LogP contribution in [0, 0.1) is 12.8 Å². The van der Waals surface area contributed by atoms with Crippen LogP contribution in [-0.4, -0.2) is 42.2 Å². The van der Waals surface area contributed by atoms with E-state index < -0.39 is 6.04 Å². The number of thioether (sulfide) groups is 1. The predicted octanol–water partition coefficient (Wildman–Crippen LogP) is 4.43. The quantitative estimate of drug-likeness (QED) is 0.559. The summed E-state index contributed by atoms with van der Waals surface area (Å²) in [6.07, 6.45) is 0. The molecule has 1 atom stereocenters. The average Bonchev–Trinajstić information content (AvgIpc) is 2.77. The highest BCUT2D eigenvalue weighted by atomic mass is 32.2. The van der Waals surface area contributed by atoms with Crippen LogP contribution in [0.1, 0.15) is 37.5 Å². The molecule has 0 aliphatic carbocycles. The monoisotopic (exact) mass is 442 g/mol. The van der Waals surface area contributed by atoms with Crippen molar-refractivity contribution in [1.82, 2.24) is 10.2 Å². The third-order valence-corrected chi connectivity index (χ3v) is 5.97. The molecule has 1 N–H and O–H groups in total. The number of benzene rings is 2. The fraction of sp³-hybridized carbons (Fsp3) is 0.440. The van der Waals surface area contributed by atoms with Crippen molar-refractivity contribution in [3.8, 4) is 5.75 Å². The first kappa shape index (κ1) is 24.8. The summed E-state index contributed by atoms with van der Waals surface area (Å²) in [4.78, 5) is 27.4. The topological polar surface area (TPSA) is 58.6 Å². The molecule has 0 fully saturated rings. The molecule has 5 nitrogen and oxygen atoms in total. The Labute approximate surface area is 190 Å². The Hall–Kier alpha value is -2.47. The van der Waals surface area contributed by atoms with E-state index in [1.54, 1.807) is 30.7 Å². The number of rotatable bonds is 11. The molecule has 2 amide bonds. The summed E-state index contributed by atoms with van der Waals surface area (Å²) in [7, 11) is 1.62. The lowest BCUT2D eigenvalue weighted by Gasteiger charge is -2.29. The van der Waals surface area contributed by atoms with E-state index in [0.717, 1.165) is 17.1 Å². The average molecular weight is 443 g/mol. The van der Waals surface area contributed by atoms with Crippen LogP contribution in [0.4, 0.5) is 0 Å². The summed E-state index contributed by atoms with van der Waals surface area (Å²) < 4.78 is 5.22. The molecule has 0 aromatic heterocycles. The summed E-state index contributed by atoms with van der Waals surface area (Å²) in [5.74, 6) is 2.03. The van der Waals surface area contributed by atoms with E-state index in [-0.39, 0.29) is 11.8 Å². The number of carbonyl (C=O) groups is 2. The van der Waals surface area contributed by atoms with E-state index in [0.29, 0.717) is 24.8 Å². The van der Waals surface area contributed by atoms with Gasteiger partial charge in [0.05, 0.1) is 12.9 Å². The van der Waals surface area contributed by atoms with Gasteiger partial charge in [-0.15, -0.1) is 11.8 Å². The zero-order valence-electron chi connectivity index (χ0n) is 19.2. The third kappa shape index (κ3) is 8.29. The molecule has 0 aliphatic heterocycles. The Morgan fingerprint density at radius 3 is 2.19 bits per heavy atom. The Bertz CT molecular complexity index is 835. The molecule has 0 saturated heterocycles. The first-order chi connectivity index (χ1) is 14.8. The maximum Gasteiger partial charge on any atom is 0.242 e. The van der Waals surface area contributed by atoms with E-state index in [2.05, 4.69) is 36.5 Å². The smallest absolute Gasteiger partial charge is 0.242 e. The molecule has 2 aromatic rings. The Morgan fingerprint density at radius 2 is 1.61 bits per heavy atom. The minimum Gasteiger partial charge on any atom is -0.497 e. The molecule has 0 bridgehead atoms. The zero-order valence-corrected chi connectivity index (χ0v) is 20.0. The standard InChI is InChI=1S/C25H34N2O3S/c1-18(2)14-26-25(29)20(4)27(15-21-10-12-23(30-5)13-11-21)24(28)17-31-16-22-8-6-19(3)7-9-22/h6-13,18,20H,14-17H2,1-5H3,(H,26,29). The molecular formula is C25H34N2O3S. The van der Waals surface area contributed by atoms with E-state index in [9.17, 15) is 9.59 Å². The largest absolute Gasteiger partial charge is 0.497 e. The number of hydrogen-bond acceptors (Lipinski definition) is 4. The van der Waals surface area contributed by atoms with Crippen LogP contribution >= 0.6 is 11.8 Å². The van der Waals surface area contributed by atoms with Gasteiger partial charge in [0.1, 0.15) is 11.8 Å². The summed E-state index contributed by atoms with van der Waals surface area (Å²) in [6.45, 7) is 8.92. The number of aryl methyl sites for hydroxylation is 1. The second kappa shape index (κ2) is 12.4. The lowest BCUT2D eigenvalue weighted by atomic mass is 10.1. The molecule has 168 valence electrons. The van der Waals surface area contributed by atoms with Crippen molar-refractivity contribution in [2.24, 2.45) is 5.92 Å². The van der Waals surface area contributed by atoms with Crippen LogP contribution in [0.25, 0.3) is 0 Å². The first-order valence-electron chi connectivity index (χ1n) is 10.6. The first-order valence-corrected chi connectivity index (χ1v) is 11.8.